The molecule has 0 aliphatic heterocycles. The van der Waals surface area contributed by atoms with E-state index in [0.717, 1.165) is 23.8 Å². The minimum Gasteiger partial charge on any atom is -0.314 e. The molecule has 122 valence electrons. The summed E-state index contributed by atoms with van der Waals surface area (Å²) >= 11 is 0. The van der Waals surface area contributed by atoms with Gasteiger partial charge in [0.25, 0.3) is 0 Å². The molecule has 1 N–H and O–H groups in total. The number of nitrogens with one attached hydrogen (secondary N) is 1. The first-order valence-corrected chi connectivity index (χ1v) is 9.67. The molecule has 3 unspecified atom stereocenters. The highest BCUT2D eigenvalue weighted by Crippen LogP contribution is 2.39. The minimum absolute atomic E-state index is 0.881. The molecular formula is C20H37N. The van der Waals surface area contributed by atoms with Crippen molar-refractivity contribution < 1.29 is 0 Å². The smallest absolute Gasteiger partial charge is 0.00683 e. The first kappa shape index (κ1) is 17.1. The monoisotopic (exact) mass is 291 g/mol. The molecule has 0 aromatic rings. The Kier molecular flexibility index (Phi) is 7.85. The summed E-state index contributed by atoms with van der Waals surface area (Å²) in [6.07, 6.45) is 19.2. The maximum atomic E-state index is 3.83. The topological polar surface area (TPSA) is 12.0 Å². The Morgan fingerprint density at radius 2 is 1.86 bits per heavy atom. The van der Waals surface area contributed by atoms with Crippen molar-refractivity contribution in [2.75, 3.05) is 6.54 Å². The highest BCUT2D eigenvalue weighted by Gasteiger charge is 2.31. The van der Waals surface area contributed by atoms with Crippen molar-refractivity contribution in [3.63, 3.8) is 0 Å². The lowest BCUT2D eigenvalue weighted by atomic mass is 9.71. The third kappa shape index (κ3) is 6.55. The van der Waals surface area contributed by atoms with Crippen LogP contribution in [-0.4, -0.2) is 12.6 Å². The summed E-state index contributed by atoms with van der Waals surface area (Å²) in [5, 5.41) is 3.80. The largest absolute Gasteiger partial charge is 0.314 e. The molecule has 2 saturated carbocycles. The first-order chi connectivity index (χ1) is 10.3. The summed E-state index contributed by atoms with van der Waals surface area (Å²) in [6, 6.07) is 0.881. The van der Waals surface area contributed by atoms with E-state index >= 15 is 0 Å². The van der Waals surface area contributed by atoms with Gasteiger partial charge < -0.3 is 5.32 Å². The number of hydrogen-bond acceptors (Lipinski definition) is 1. The van der Waals surface area contributed by atoms with E-state index in [-0.39, 0.29) is 0 Å². The van der Waals surface area contributed by atoms with Gasteiger partial charge >= 0.3 is 0 Å². The second kappa shape index (κ2) is 9.66. The predicted molar refractivity (Wildman–Crippen MR) is 93.5 cm³/mol. The lowest BCUT2D eigenvalue weighted by Crippen LogP contribution is -2.34. The van der Waals surface area contributed by atoms with Crippen LogP contribution in [0.15, 0.2) is 12.7 Å². The minimum atomic E-state index is 0.881. The van der Waals surface area contributed by atoms with Crippen LogP contribution in [0.5, 0.6) is 0 Å². The third-order valence-corrected chi connectivity index (χ3v) is 5.67. The van der Waals surface area contributed by atoms with Gasteiger partial charge in [0, 0.05) is 6.04 Å². The van der Waals surface area contributed by atoms with E-state index in [9.17, 15) is 0 Å². The molecule has 0 heterocycles. The van der Waals surface area contributed by atoms with Gasteiger partial charge in [-0.25, -0.2) is 0 Å². The van der Waals surface area contributed by atoms with Crippen LogP contribution in [0.3, 0.4) is 0 Å². The number of hydrogen-bond donors (Lipinski definition) is 1. The van der Waals surface area contributed by atoms with Crippen LogP contribution in [-0.2, 0) is 0 Å². The summed E-state index contributed by atoms with van der Waals surface area (Å²) in [5.41, 5.74) is 0. The standard InChI is InChI=1S/C20H37N/c1-3-5-6-7-8-10-18-15-17(9-4-2)11-12-19(18)16-21-20-13-14-20/h3,17-21H,1,4-16H2,2H3. The molecule has 2 aliphatic rings. The van der Waals surface area contributed by atoms with Gasteiger partial charge in [-0.3, -0.25) is 0 Å². The van der Waals surface area contributed by atoms with Crippen LogP contribution >= 0.6 is 0 Å². The van der Waals surface area contributed by atoms with E-state index in [1.54, 1.807) is 0 Å². The van der Waals surface area contributed by atoms with Crippen molar-refractivity contribution in [2.24, 2.45) is 17.8 Å². The Labute approximate surface area is 133 Å². The summed E-state index contributed by atoms with van der Waals surface area (Å²) in [4.78, 5) is 0. The van der Waals surface area contributed by atoms with Crippen LogP contribution in [0.4, 0.5) is 0 Å². The SMILES string of the molecule is C=CCCCCCC1CC(CCC)CCC1CNC1CC1. The maximum Gasteiger partial charge on any atom is 0.00683 e. The van der Waals surface area contributed by atoms with E-state index in [1.165, 1.54) is 83.6 Å². The van der Waals surface area contributed by atoms with Gasteiger partial charge in [0.15, 0.2) is 0 Å². The average molecular weight is 292 g/mol. The Balaban J connectivity index is 1.71. The summed E-state index contributed by atoms with van der Waals surface area (Å²) in [6.45, 7) is 7.49. The van der Waals surface area contributed by atoms with Crippen LogP contribution in [0.2, 0.25) is 0 Å². The van der Waals surface area contributed by atoms with E-state index in [2.05, 4.69) is 24.9 Å². The third-order valence-electron chi connectivity index (χ3n) is 5.67. The zero-order valence-corrected chi connectivity index (χ0v) is 14.3. The van der Waals surface area contributed by atoms with Gasteiger partial charge in [0.1, 0.15) is 0 Å². The summed E-state index contributed by atoms with van der Waals surface area (Å²) < 4.78 is 0. The van der Waals surface area contributed by atoms with E-state index in [1.807, 2.05) is 0 Å². The zero-order chi connectivity index (χ0) is 14.9. The molecule has 0 amide bonds. The van der Waals surface area contributed by atoms with Crippen molar-refractivity contribution in [1.29, 1.82) is 0 Å². The molecule has 21 heavy (non-hydrogen) atoms. The summed E-state index contributed by atoms with van der Waals surface area (Å²) in [5.74, 6) is 3.01. The fourth-order valence-electron chi connectivity index (χ4n) is 4.19. The van der Waals surface area contributed by atoms with Crippen LogP contribution in [0, 0.1) is 17.8 Å². The second-order valence-corrected chi connectivity index (χ2v) is 7.60. The molecule has 0 aromatic carbocycles. The fourth-order valence-corrected chi connectivity index (χ4v) is 4.19. The zero-order valence-electron chi connectivity index (χ0n) is 14.3. The highest BCUT2D eigenvalue weighted by molar-refractivity contribution is 4.86. The van der Waals surface area contributed by atoms with Crippen LogP contribution < -0.4 is 5.32 Å². The molecule has 3 atom stereocenters. The second-order valence-electron chi connectivity index (χ2n) is 7.60. The van der Waals surface area contributed by atoms with Crippen molar-refractivity contribution in [1.82, 2.24) is 5.32 Å². The molecule has 1 nitrogen and oxygen atoms in total. The van der Waals surface area contributed by atoms with Crippen LogP contribution in [0.1, 0.15) is 84.0 Å². The Bertz CT molecular complexity index is 282. The lowest BCUT2D eigenvalue weighted by molar-refractivity contribution is 0.156. The highest BCUT2D eigenvalue weighted by atomic mass is 14.9. The summed E-state index contributed by atoms with van der Waals surface area (Å²) in [7, 11) is 0. The molecule has 0 radical (unpaired) electrons. The predicted octanol–water partition coefficient (Wildman–Crippen LogP) is 5.71. The van der Waals surface area contributed by atoms with Crippen molar-refractivity contribution in [2.45, 2.75) is 90.0 Å². The molecule has 0 bridgehead atoms. The Hall–Kier alpha value is -0.300. The van der Waals surface area contributed by atoms with E-state index in [4.69, 9.17) is 0 Å². The van der Waals surface area contributed by atoms with Gasteiger partial charge in [-0.2, -0.15) is 0 Å². The first-order valence-electron chi connectivity index (χ1n) is 9.67. The molecule has 2 fully saturated rings. The molecule has 2 aliphatic carbocycles. The molecule has 1 heteroatoms. The van der Waals surface area contributed by atoms with Gasteiger partial charge in [-0.1, -0.05) is 51.5 Å². The average Bonchev–Trinajstić information content (AvgIpc) is 3.31. The van der Waals surface area contributed by atoms with Gasteiger partial charge in [0.2, 0.25) is 0 Å². The van der Waals surface area contributed by atoms with Gasteiger partial charge in [-0.05, 0) is 62.8 Å². The van der Waals surface area contributed by atoms with Crippen LogP contribution in [0.25, 0.3) is 0 Å². The lowest BCUT2D eigenvalue weighted by Gasteiger charge is -2.37. The van der Waals surface area contributed by atoms with Crippen molar-refractivity contribution in [3.05, 3.63) is 12.7 Å². The number of allylic oxidation sites excluding steroid dienone is 1. The molecule has 2 rings (SSSR count). The maximum absolute atomic E-state index is 3.83. The van der Waals surface area contributed by atoms with E-state index < -0.39 is 0 Å². The molecule has 0 aromatic heterocycles. The number of unbranched alkanes of at least 4 members (excludes halogenated alkanes) is 3. The number of rotatable bonds is 11. The molecule has 0 spiro atoms. The molecule has 0 saturated heterocycles. The van der Waals surface area contributed by atoms with Gasteiger partial charge in [-0.15, -0.1) is 6.58 Å². The quantitative estimate of drug-likeness (QED) is 0.380. The van der Waals surface area contributed by atoms with Crippen molar-refractivity contribution >= 4 is 0 Å². The Morgan fingerprint density at radius 3 is 2.57 bits per heavy atom. The fraction of sp³-hybridized carbons (Fsp3) is 0.900. The molecular weight excluding hydrogens is 254 g/mol. The van der Waals surface area contributed by atoms with Crippen molar-refractivity contribution in [3.8, 4) is 0 Å². The van der Waals surface area contributed by atoms with E-state index in [0.29, 0.717) is 0 Å². The van der Waals surface area contributed by atoms with Gasteiger partial charge in [0.05, 0.1) is 0 Å². The Morgan fingerprint density at radius 1 is 1.00 bits per heavy atom. The normalized spacial score (nSPS) is 29.5.